The van der Waals surface area contributed by atoms with Gasteiger partial charge in [0.25, 0.3) is 0 Å². The molecule has 5 nitrogen and oxygen atoms in total. The standard InChI is InChI=1S/C15H28N2O3/c1-14(2)9-17(10-15(3,4)20-14)8-7-12(13(18)19)16-11-5-6-11/h11-12,16H,5-10H2,1-4H3,(H,18,19). The Morgan fingerprint density at radius 2 is 1.85 bits per heavy atom. The van der Waals surface area contributed by atoms with Crippen LogP contribution in [0.2, 0.25) is 0 Å². The predicted molar refractivity (Wildman–Crippen MR) is 77.9 cm³/mol. The fraction of sp³-hybridized carbons (Fsp3) is 0.933. The van der Waals surface area contributed by atoms with Gasteiger partial charge in [0.1, 0.15) is 6.04 Å². The topological polar surface area (TPSA) is 61.8 Å². The summed E-state index contributed by atoms with van der Waals surface area (Å²) in [6.45, 7) is 10.9. The summed E-state index contributed by atoms with van der Waals surface area (Å²) in [5.41, 5.74) is -0.352. The van der Waals surface area contributed by atoms with E-state index in [0.717, 1.165) is 32.5 Å². The fourth-order valence-corrected chi connectivity index (χ4v) is 3.23. The number of nitrogens with zero attached hydrogens (tertiary/aromatic N) is 1. The minimum atomic E-state index is -0.733. The first-order valence-corrected chi connectivity index (χ1v) is 7.58. The summed E-state index contributed by atoms with van der Waals surface area (Å²) in [6.07, 6.45) is 2.88. The van der Waals surface area contributed by atoms with Crippen LogP contribution in [0.4, 0.5) is 0 Å². The molecule has 2 rings (SSSR count). The molecule has 2 aliphatic rings. The Labute approximate surface area is 121 Å². The quantitative estimate of drug-likeness (QED) is 0.773. The van der Waals surface area contributed by atoms with E-state index in [1.54, 1.807) is 0 Å². The summed E-state index contributed by atoms with van der Waals surface area (Å²) < 4.78 is 6.05. The minimum Gasteiger partial charge on any atom is -0.480 e. The van der Waals surface area contributed by atoms with Crippen molar-refractivity contribution in [1.82, 2.24) is 10.2 Å². The van der Waals surface area contributed by atoms with E-state index in [0.29, 0.717) is 12.5 Å². The third-order valence-corrected chi connectivity index (χ3v) is 3.81. The largest absolute Gasteiger partial charge is 0.480 e. The van der Waals surface area contributed by atoms with Crippen molar-refractivity contribution in [2.24, 2.45) is 0 Å². The van der Waals surface area contributed by atoms with E-state index in [1.807, 2.05) is 0 Å². The third-order valence-electron chi connectivity index (χ3n) is 3.81. The Morgan fingerprint density at radius 3 is 2.30 bits per heavy atom. The zero-order valence-corrected chi connectivity index (χ0v) is 13.1. The van der Waals surface area contributed by atoms with E-state index in [4.69, 9.17) is 4.74 Å². The first-order chi connectivity index (χ1) is 9.17. The number of nitrogens with one attached hydrogen (secondary N) is 1. The summed E-state index contributed by atoms with van der Waals surface area (Å²) >= 11 is 0. The smallest absolute Gasteiger partial charge is 0.320 e. The lowest BCUT2D eigenvalue weighted by atomic mass is 9.98. The van der Waals surface area contributed by atoms with Crippen LogP contribution in [0, 0.1) is 0 Å². The number of ether oxygens (including phenoxy) is 1. The number of hydrogen-bond donors (Lipinski definition) is 2. The molecular weight excluding hydrogens is 256 g/mol. The van der Waals surface area contributed by atoms with Crippen molar-refractivity contribution in [1.29, 1.82) is 0 Å². The van der Waals surface area contributed by atoms with Gasteiger partial charge in [0.2, 0.25) is 0 Å². The lowest BCUT2D eigenvalue weighted by Gasteiger charge is -2.47. The van der Waals surface area contributed by atoms with Crippen LogP contribution in [-0.4, -0.2) is 58.9 Å². The molecule has 0 radical (unpaired) electrons. The minimum absolute atomic E-state index is 0.176. The number of carboxylic acid groups (broad SMARTS) is 1. The molecule has 0 aromatic rings. The number of morpholine rings is 1. The Hall–Kier alpha value is -0.650. The summed E-state index contributed by atoms with van der Waals surface area (Å²) in [7, 11) is 0. The molecule has 116 valence electrons. The van der Waals surface area contributed by atoms with Crippen LogP contribution in [0.1, 0.15) is 47.0 Å². The van der Waals surface area contributed by atoms with E-state index in [-0.39, 0.29) is 11.2 Å². The molecule has 1 unspecified atom stereocenters. The molecule has 1 atom stereocenters. The zero-order valence-electron chi connectivity index (χ0n) is 13.1. The zero-order chi connectivity index (χ0) is 15.0. The number of carboxylic acids is 1. The Kier molecular flexibility index (Phi) is 4.42. The van der Waals surface area contributed by atoms with E-state index < -0.39 is 12.0 Å². The Balaban J connectivity index is 1.86. The molecule has 1 aliphatic carbocycles. The molecule has 5 heteroatoms. The van der Waals surface area contributed by atoms with Crippen LogP contribution in [0.25, 0.3) is 0 Å². The molecule has 1 aliphatic heterocycles. The molecule has 0 amide bonds. The van der Waals surface area contributed by atoms with Crippen molar-refractivity contribution in [3.8, 4) is 0 Å². The third kappa shape index (κ3) is 4.72. The molecule has 0 spiro atoms. The molecule has 0 aromatic heterocycles. The molecule has 1 heterocycles. The molecule has 0 bridgehead atoms. The van der Waals surface area contributed by atoms with Crippen LogP contribution >= 0.6 is 0 Å². The predicted octanol–water partition coefficient (Wildman–Crippen LogP) is 1.47. The van der Waals surface area contributed by atoms with E-state index >= 15 is 0 Å². The first-order valence-electron chi connectivity index (χ1n) is 7.58. The van der Waals surface area contributed by atoms with Crippen LogP contribution in [0.3, 0.4) is 0 Å². The van der Waals surface area contributed by atoms with Crippen LogP contribution in [0.15, 0.2) is 0 Å². The highest BCUT2D eigenvalue weighted by molar-refractivity contribution is 5.73. The average Bonchev–Trinajstić information content (AvgIpc) is 3.02. The Morgan fingerprint density at radius 1 is 1.30 bits per heavy atom. The monoisotopic (exact) mass is 284 g/mol. The molecule has 20 heavy (non-hydrogen) atoms. The van der Waals surface area contributed by atoms with Gasteiger partial charge in [-0.05, 0) is 47.0 Å². The second-order valence-electron chi connectivity index (χ2n) is 7.45. The van der Waals surface area contributed by atoms with Crippen molar-refractivity contribution in [2.75, 3.05) is 19.6 Å². The van der Waals surface area contributed by atoms with Crippen molar-refractivity contribution < 1.29 is 14.6 Å². The van der Waals surface area contributed by atoms with E-state index in [9.17, 15) is 9.90 Å². The highest BCUT2D eigenvalue weighted by Gasteiger charge is 2.38. The van der Waals surface area contributed by atoms with Gasteiger partial charge >= 0.3 is 5.97 Å². The normalized spacial score (nSPS) is 27.2. The Bertz CT molecular complexity index is 348. The maximum Gasteiger partial charge on any atom is 0.320 e. The first kappa shape index (κ1) is 15.7. The average molecular weight is 284 g/mol. The highest BCUT2D eigenvalue weighted by Crippen LogP contribution is 2.28. The van der Waals surface area contributed by atoms with Crippen LogP contribution in [0.5, 0.6) is 0 Å². The SMILES string of the molecule is CC1(C)CN(CCC(NC2CC2)C(=O)O)CC(C)(C)O1. The van der Waals surface area contributed by atoms with Gasteiger partial charge < -0.3 is 15.2 Å². The van der Waals surface area contributed by atoms with Gasteiger partial charge in [-0.15, -0.1) is 0 Å². The number of aliphatic carboxylic acids is 1. The second-order valence-corrected chi connectivity index (χ2v) is 7.45. The number of carbonyl (C=O) groups is 1. The van der Waals surface area contributed by atoms with Crippen LogP contribution in [-0.2, 0) is 9.53 Å². The van der Waals surface area contributed by atoms with Gasteiger partial charge in [-0.3, -0.25) is 9.69 Å². The molecule has 2 N–H and O–H groups in total. The molecule has 1 saturated carbocycles. The van der Waals surface area contributed by atoms with Crippen molar-refractivity contribution >= 4 is 5.97 Å². The fourth-order valence-electron chi connectivity index (χ4n) is 3.23. The van der Waals surface area contributed by atoms with E-state index in [1.165, 1.54) is 0 Å². The van der Waals surface area contributed by atoms with Crippen molar-refractivity contribution in [2.45, 2.75) is 70.2 Å². The van der Waals surface area contributed by atoms with Gasteiger partial charge in [-0.1, -0.05) is 0 Å². The number of hydrogen-bond acceptors (Lipinski definition) is 4. The highest BCUT2D eigenvalue weighted by atomic mass is 16.5. The van der Waals surface area contributed by atoms with E-state index in [2.05, 4.69) is 37.9 Å². The maximum atomic E-state index is 11.3. The second kappa shape index (κ2) is 5.62. The summed E-state index contributed by atoms with van der Waals surface area (Å²) in [5.74, 6) is -0.733. The van der Waals surface area contributed by atoms with Gasteiger partial charge in [0.15, 0.2) is 0 Å². The van der Waals surface area contributed by atoms with Crippen molar-refractivity contribution in [3.63, 3.8) is 0 Å². The summed E-state index contributed by atoms with van der Waals surface area (Å²) in [5, 5.41) is 12.5. The van der Waals surface area contributed by atoms with Gasteiger partial charge in [-0.25, -0.2) is 0 Å². The summed E-state index contributed by atoms with van der Waals surface area (Å²) in [4.78, 5) is 13.6. The van der Waals surface area contributed by atoms with Gasteiger partial charge in [-0.2, -0.15) is 0 Å². The van der Waals surface area contributed by atoms with Gasteiger partial charge in [0, 0.05) is 25.7 Å². The van der Waals surface area contributed by atoms with Crippen molar-refractivity contribution in [3.05, 3.63) is 0 Å². The van der Waals surface area contributed by atoms with Crippen LogP contribution < -0.4 is 5.32 Å². The van der Waals surface area contributed by atoms with Gasteiger partial charge in [0.05, 0.1) is 11.2 Å². The molecular formula is C15H28N2O3. The molecule has 0 aromatic carbocycles. The lowest BCUT2D eigenvalue weighted by molar-refractivity contribution is -0.180. The molecule has 2 fully saturated rings. The molecule has 1 saturated heterocycles. The summed E-state index contributed by atoms with van der Waals surface area (Å²) in [6, 6.07) is 0.00485. The lowest BCUT2D eigenvalue weighted by Crippen LogP contribution is -2.57. The maximum absolute atomic E-state index is 11.3. The number of rotatable bonds is 6.